The van der Waals surface area contributed by atoms with E-state index in [0.717, 1.165) is 26.2 Å². The van der Waals surface area contributed by atoms with Crippen molar-refractivity contribution >= 4 is 0 Å². The minimum Gasteiger partial charge on any atom is -0.325 e. The first-order chi connectivity index (χ1) is 7.46. The standard InChI is InChI=1S/C14H31N3/c1-12(2,14(5,6)15)10-17-9-8-16(7)13(3,4)11-17/h8-11,15H2,1-7H3. The minimum atomic E-state index is -0.138. The molecule has 1 rings (SSSR count). The maximum atomic E-state index is 6.29. The van der Waals surface area contributed by atoms with Crippen LogP contribution in [0.3, 0.4) is 0 Å². The summed E-state index contributed by atoms with van der Waals surface area (Å²) < 4.78 is 0. The van der Waals surface area contributed by atoms with Crippen LogP contribution in [0.2, 0.25) is 0 Å². The lowest BCUT2D eigenvalue weighted by atomic mass is 9.74. The fourth-order valence-electron chi connectivity index (χ4n) is 2.24. The monoisotopic (exact) mass is 241 g/mol. The Labute approximate surface area is 107 Å². The number of likely N-dealkylation sites (N-methyl/N-ethyl adjacent to an activating group) is 1. The predicted octanol–water partition coefficient (Wildman–Crippen LogP) is 1.78. The van der Waals surface area contributed by atoms with Crippen LogP contribution in [0.4, 0.5) is 0 Å². The molecule has 0 aromatic rings. The van der Waals surface area contributed by atoms with Gasteiger partial charge >= 0.3 is 0 Å². The zero-order valence-corrected chi connectivity index (χ0v) is 12.8. The molecule has 1 saturated heterocycles. The number of nitrogens with two attached hydrogens (primary N) is 1. The third-order valence-corrected chi connectivity index (χ3v) is 4.76. The molecule has 0 unspecified atom stereocenters. The summed E-state index contributed by atoms with van der Waals surface area (Å²) in [4.78, 5) is 5.01. The number of nitrogens with zero attached hydrogens (tertiary/aromatic N) is 2. The average Bonchev–Trinajstić information content (AvgIpc) is 2.08. The third kappa shape index (κ3) is 3.43. The summed E-state index contributed by atoms with van der Waals surface area (Å²) in [5, 5.41) is 0. The summed E-state index contributed by atoms with van der Waals surface area (Å²) in [6.45, 7) is 18.0. The van der Waals surface area contributed by atoms with Crippen molar-refractivity contribution in [2.45, 2.75) is 52.6 Å². The maximum Gasteiger partial charge on any atom is 0.0277 e. The lowest BCUT2D eigenvalue weighted by Crippen LogP contribution is -2.61. The van der Waals surface area contributed by atoms with E-state index in [4.69, 9.17) is 5.73 Å². The zero-order valence-electron chi connectivity index (χ0n) is 12.8. The van der Waals surface area contributed by atoms with Gasteiger partial charge in [0.2, 0.25) is 0 Å². The molecule has 0 aliphatic carbocycles. The Hall–Kier alpha value is -0.120. The van der Waals surface area contributed by atoms with E-state index < -0.39 is 0 Å². The first-order valence-corrected chi connectivity index (χ1v) is 6.68. The second-order valence-electron chi connectivity index (χ2n) is 7.55. The molecule has 1 aliphatic rings. The predicted molar refractivity (Wildman–Crippen MR) is 75.2 cm³/mol. The highest BCUT2D eigenvalue weighted by molar-refractivity contribution is 4.95. The van der Waals surface area contributed by atoms with Crippen LogP contribution in [0.15, 0.2) is 0 Å². The third-order valence-electron chi connectivity index (χ3n) is 4.76. The Kier molecular flexibility index (Phi) is 3.98. The molecular formula is C14H31N3. The van der Waals surface area contributed by atoms with Gasteiger partial charge in [0.15, 0.2) is 0 Å². The Morgan fingerprint density at radius 1 is 1.12 bits per heavy atom. The van der Waals surface area contributed by atoms with Crippen LogP contribution in [-0.2, 0) is 0 Å². The molecule has 0 spiro atoms. The van der Waals surface area contributed by atoms with Crippen molar-refractivity contribution in [2.24, 2.45) is 11.1 Å². The Morgan fingerprint density at radius 2 is 1.65 bits per heavy atom. The van der Waals surface area contributed by atoms with Gasteiger partial charge in [-0.25, -0.2) is 0 Å². The maximum absolute atomic E-state index is 6.29. The van der Waals surface area contributed by atoms with E-state index in [9.17, 15) is 0 Å². The fourth-order valence-corrected chi connectivity index (χ4v) is 2.24. The van der Waals surface area contributed by atoms with Crippen LogP contribution in [0.25, 0.3) is 0 Å². The van der Waals surface area contributed by atoms with Crippen LogP contribution < -0.4 is 5.73 Å². The lowest BCUT2D eigenvalue weighted by Gasteiger charge is -2.49. The highest BCUT2D eigenvalue weighted by Gasteiger charge is 2.38. The summed E-state index contributed by atoms with van der Waals surface area (Å²) >= 11 is 0. The summed E-state index contributed by atoms with van der Waals surface area (Å²) in [6, 6.07) is 0. The highest BCUT2D eigenvalue weighted by atomic mass is 15.3. The normalized spacial score (nSPS) is 24.0. The van der Waals surface area contributed by atoms with E-state index in [-0.39, 0.29) is 16.5 Å². The second kappa shape index (κ2) is 4.52. The first-order valence-electron chi connectivity index (χ1n) is 6.68. The van der Waals surface area contributed by atoms with Crippen LogP contribution in [-0.4, -0.2) is 54.1 Å². The van der Waals surface area contributed by atoms with E-state index in [1.165, 1.54) is 0 Å². The molecule has 0 radical (unpaired) electrons. The minimum absolute atomic E-state index is 0.138. The number of hydrogen-bond acceptors (Lipinski definition) is 3. The molecule has 0 bridgehead atoms. The molecule has 0 aromatic carbocycles. The molecule has 102 valence electrons. The molecule has 3 heteroatoms. The van der Waals surface area contributed by atoms with E-state index in [0.29, 0.717) is 0 Å². The molecule has 1 aliphatic heterocycles. The molecule has 17 heavy (non-hydrogen) atoms. The summed E-state index contributed by atoms with van der Waals surface area (Å²) in [5.74, 6) is 0. The molecule has 0 atom stereocenters. The van der Waals surface area contributed by atoms with Crippen molar-refractivity contribution in [1.82, 2.24) is 9.80 Å². The zero-order chi connectivity index (χ0) is 13.5. The molecule has 0 aromatic heterocycles. The molecular weight excluding hydrogens is 210 g/mol. The van der Waals surface area contributed by atoms with E-state index in [2.05, 4.69) is 58.4 Å². The quantitative estimate of drug-likeness (QED) is 0.817. The number of piperazine rings is 1. The fraction of sp³-hybridized carbons (Fsp3) is 1.00. The molecule has 0 amide bonds. The van der Waals surface area contributed by atoms with Gasteiger partial charge < -0.3 is 5.73 Å². The summed E-state index contributed by atoms with van der Waals surface area (Å²) in [6.07, 6.45) is 0. The van der Waals surface area contributed by atoms with Crippen molar-refractivity contribution in [1.29, 1.82) is 0 Å². The number of hydrogen-bond donors (Lipinski definition) is 1. The highest BCUT2D eigenvalue weighted by Crippen LogP contribution is 2.31. The van der Waals surface area contributed by atoms with Gasteiger partial charge in [-0.2, -0.15) is 0 Å². The Bertz CT molecular complexity index is 263. The van der Waals surface area contributed by atoms with Crippen molar-refractivity contribution in [3.63, 3.8) is 0 Å². The van der Waals surface area contributed by atoms with Gasteiger partial charge in [-0.05, 0) is 40.2 Å². The van der Waals surface area contributed by atoms with Gasteiger partial charge in [0, 0.05) is 37.3 Å². The topological polar surface area (TPSA) is 32.5 Å². The van der Waals surface area contributed by atoms with Gasteiger partial charge in [-0.1, -0.05) is 13.8 Å². The molecule has 3 nitrogen and oxygen atoms in total. The van der Waals surface area contributed by atoms with Crippen molar-refractivity contribution in [2.75, 3.05) is 33.2 Å². The van der Waals surface area contributed by atoms with Gasteiger partial charge in [-0.15, -0.1) is 0 Å². The lowest BCUT2D eigenvalue weighted by molar-refractivity contribution is 0.00921. The van der Waals surface area contributed by atoms with Gasteiger partial charge in [0.1, 0.15) is 0 Å². The molecule has 1 fully saturated rings. The van der Waals surface area contributed by atoms with Crippen LogP contribution in [0, 0.1) is 5.41 Å². The van der Waals surface area contributed by atoms with Crippen molar-refractivity contribution in [3.8, 4) is 0 Å². The first kappa shape index (κ1) is 14.9. The van der Waals surface area contributed by atoms with Gasteiger partial charge in [0.25, 0.3) is 0 Å². The van der Waals surface area contributed by atoms with Crippen LogP contribution in [0.1, 0.15) is 41.5 Å². The van der Waals surface area contributed by atoms with Crippen molar-refractivity contribution in [3.05, 3.63) is 0 Å². The Balaban J connectivity index is 2.66. The smallest absolute Gasteiger partial charge is 0.0277 e. The van der Waals surface area contributed by atoms with Crippen molar-refractivity contribution < 1.29 is 0 Å². The number of rotatable bonds is 3. The summed E-state index contributed by atoms with van der Waals surface area (Å²) in [5.41, 5.74) is 6.56. The molecule has 2 N–H and O–H groups in total. The van der Waals surface area contributed by atoms with Gasteiger partial charge in [-0.3, -0.25) is 9.80 Å². The SMILES string of the molecule is CN1CCN(CC(C)(C)C(C)(C)N)CC1(C)C. The Morgan fingerprint density at radius 3 is 2.06 bits per heavy atom. The van der Waals surface area contributed by atoms with Crippen LogP contribution in [0.5, 0.6) is 0 Å². The largest absolute Gasteiger partial charge is 0.325 e. The van der Waals surface area contributed by atoms with E-state index in [1.807, 2.05) is 0 Å². The van der Waals surface area contributed by atoms with Crippen LogP contribution >= 0.6 is 0 Å². The summed E-state index contributed by atoms with van der Waals surface area (Å²) in [7, 11) is 2.22. The van der Waals surface area contributed by atoms with E-state index in [1.54, 1.807) is 0 Å². The molecule has 0 saturated carbocycles. The van der Waals surface area contributed by atoms with Gasteiger partial charge in [0.05, 0.1) is 0 Å². The second-order valence-corrected chi connectivity index (χ2v) is 7.55. The molecule has 1 heterocycles. The van der Waals surface area contributed by atoms with E-state index >= 15 is 0 Å². The average molecular weight is 241 g/mol.